The van der Waals surface area contributed by atoms with Gasteiger partial charge in [0.25, 0.3) is 0 Å². The highest BCUT2D eigenvalue weighted by Gasteiger charge is 2.34. The van der Waals surface area contributed by atoms with Crippen LogP contribution in [0.5, 0.6) is 0 Å². The van der Waals surface area contributed by atoms with Crippen LogP contribution in [0.2, 0.25) is 5.02 Å². The molecule has 0 saturated heterocycles. The van der Waals surface area contributed by atoms with Gasteiger partial charge in [0.2, 0.25) is 7.59 Å². The fourth-order valence-electron chi connectivity index (χ4n) is 2.31. The summed E-state index contributed by atoms with van der Waals surface area (Å²) in [5, 5.41) is 0.430. The molecular weight excluding hydrogens is 555 g/mol. The van der Waals surface area contributed by atoms with Crippen molar-refractivity contribution >= 4 is 110 Å². The lowest BCUT2D eigenvalue weighted by molar-refractivity contribution is 0.845. The fraction of sp³-hybridized carbons (Fsp3) is 0.400. The van der Waals surface area contributed by atoms with Gasteiger partial charge in [0.1, 0.15) is 0 Å². The maximum absolute atomic E-state index is 6.45. The van der Waals surface area contributed by atoms with E-state index in [1.54, 1.807) is 18.2 Å². The number of halogens is 9. The SMILES string of the molecule is ClCCN(CCCl)c1c(Cl)cccc1-c1nc(C(Cl)(Cl)Cl)nc(C(Cl)(Cl)Cl)n1. The van der Waals surface area contributed by atoms with E-state index in [1.165, 1.54) is 0 Å². The van der Waals surface area contributed by atoms with Crippen LogP contribution in [0.4, 0.5) is 5.69 Å². The number of hydrogen-bond donors (Lipinski definition) is 0. The van der Waals surface area contributed by atoms with Gasteiger partial charge in [-0.3, -0.25) is 0 Å². The highest BCUT2D eigenvalue weighted by molar-refractivity contribution is 6.67. The minimum atomic E-state index is -1.97. The molecule has 0 amide bonds. The monoisotopic (exact) mass is 562 g/mol. The number of aromatic nitrogens is 3. The van der Waals surface area contributed by atoms with Crippen molar-refractivity contribution in [2.45, 2.75) is 7.59 Å². The molecule has 0 fully saturated rings. The maximum Gasteiger partial charge on any atom is 0.250 e. The Balaban J connectivity index is 2.75. The topological polar surface area (TPSA) is 41.9 Å². The molecule has 1 aromatic heterocycles. The van der Waals surface area contributed by atoms with E-state index in [9.17, 15) is 0 Å². The van der Waals surface area contributed by atoms with Crippen LogP contribution in [-0.4, -0.2) is 39.8 Å². The Morgan fingerprint density at radius 2 is 1.29 bits per heavy atom. The van der Waals surface area contributed by atoms with Crippen molar-refractivity contribution in [2.24, 2.45) is 0 Å². The molecule has 2 aromatic rings. The van der Waals surface area contributed by atoms with Crippen molar-refractivity contribution in [3.05, 3.63) is 34.9 Å². The molecule has 0 unspecified atom stereocenters. The molecule has 28 heavy (non-hydrogen) atoms. The number of anilines is 1. The molecular formula is C15H11Cl9N4. The van der Waals surface area contributed by atoms with E-state index in [0.717, 1.165) is 0 Å². The van der Waals surface area contributed by atoms with Crippen molar-refractivity contribution in [3.63, 3.8) is 0 Å². The second-order valence-corrected chi connectivity index (χ2v) is 11.0. The molecule has 4 nitrogen and oxygen atoms in total. The first-order chi connectivity index (χ1) is 13.0. The summed E-state index contributed by atoms with van der Waals surface area (Å²) < 4.78 is -3.93. The van der Waals surface area contributed by atoms with E-state index in [-0.39, 0.29) is 17.5 Å². The minimum Gasteiger partial charge on any atom is -0.367 e. The summed E-state index contributed by atoms with van der Waals surface area (Å²) in [5.41, 5.74) is 1.11. The smallest absolute Gasteiger partial charge is 0.250 e. The maximum atomic E-state index is 6.45. The van der Waals surface area contributed by atoms with E-state index in [2.05, 4.69) is 15.0 Å². The summed E-state index contributed by atoms with van der Waals surface area (Å²) >= 11 is 54.0. The van der Waals surface area contributed by atoms with Gasteiger partial charge in [-0.05, 0) is 12.1 Å². The summed E-state index contributed by atoms with van der Waals surface area (Å²) in [4.78, 5) is 14.4. The highest BCUT2D eigenvalue weighted by atomic mass is 35.6. The van der Waals surface area contributed by atoms with Gasteiger partial charge in [0.05, 0.1) is 10.7 Å². The van der Waals surface area contributed by atoms with Crippen molar-refractivity contribution in [3.8, 4) is 11.4 Å². The Bertz CT molecular complexity index is 782. The average Bonchev–Trinajstić information content (AvgIpc) is 2.59. The number of alkyl halides is 8. The second kappa shape index (κ2) is 10.3. The number of rotatable bonds is 6. The summed E-state index contributed by atoms with van der Waals surface area (Å²) in [6, 6.07) is 5.16. The van der Waals surface area contributed by atoms with Crippen molar-refractivity contribution in [2.75, 3.05) is 29.7 Å². The molecule has 0 spiro atoms. The standard InChI is InChI=1S/C15H11Cl9N4/c16-4-6-28(7-5-17)10-8(2-1-3-9(10)18)11-25-12(14(19,20)21)27-13(26-11)15(22,23)24/h1-3H,4-7H2. The van der Waals surface area contributed by atoms with Crippen molar-refractivity contribution < 1.29 is 0 Å². The molecule has 0 aliphatic heterocycles. The van der Waals surface area contributed by atoms with Crippen LogP contribution in [0.3, 0.4) is 0 Å². The van der Waals surface area contributed by atoms with E-state index < -0.39 is 7.59 Å². The molecule has 2 rings (SSSR count). The van der Waals surface area contributed by atoms with E-state index >= 15 is 0 Å². The molecule has 13 heteroatoms. The first-order valence-corrected chi connectivity index (χ1v) is 11.3. The van der Waals surface area contributed by atoms with Gasteiger partial charge in [-0.2, -0.15) is 0 Å². The van der Waals surface area contributed by atoms with Crippen LogP contribution in [0.25, 0.3) is 11.4 Å². The van der Waals surface area contributed by atoms with Crippen molar-refractivity contribution in [1.82, 2.24) is 15.0 Å². The summed E-state index contributed by atoms with van der Waals surface area (Å²) in [5.74, 6) is 0.408. The Hall–Kier alpha value is 0.640. The van der Waals surface area contributed by atoms with Gasteiger partial charge in [0.15, 0.2) is 17.5 Å². The molecule has 0 bridgehead atoms. The number of benzene rings is 1. The van der Waals surface area contributed by atoms with Crippen LogP contribution in [0.1, 0.15) is 11.6 Å². The van der Waals surface area contributed by atoms with Gasteiger partial charge in [-0.25, -0.2) is 15.0 Å². The molecule has 0 aliphatic carbocycles. The minimum absolute atomic E-state index is 0.115. The zero-order valence-corrected chi connectivity index (χ0v) is 20.6. The van der Waals surface area contributed by atoms with Crippen LogP contribution < -0.4 is 4.90 Å². The number of nitrogens with zero attached hydrogens (tertiary/aromatic N) is 4. The molecule has 0 N–H and O–H groups in total. The lowest BCUT2D eigenvalue weighted by Crippen LogP contribution is -2.28. The average molecular weight is 566 g/mol. The summed E-state index contributed by atoms with van der Waals surface area (Å²) in [7, 11) is 0. The predicted molar refractivity (Wildman–Crippen MR) is 122 cm³/mol. The Morgan fingerprint density at radius 1 is 0.786 bits per heavy atom. The summed E-state index contributed by atoms with van der Waals surface area (Å²) in [6.45, 7) is 0.954. The third-order valence-electron chi connectivity index (χ3n) is 3.40. The Morgan fingerprint density at radius 3 is 1.71 bits per heavy atom. The first kappa shape index (κ1) is 24.9. The lowest BCUT2D eigenvalue weighted by Gasteiger charge is -2.26. The van der Waals surface area contributed by atoms with Crippen LogP contribution in [0.15, 0.2) is 18.2 Å². The highest BCUT2D eigenvalue weighted by Crippen LogP contribution is 2.42. The molecule has 0 saturated carbocycles. The largest absolute Gasteiger partial charge is 0.367 e. The number of hydrogen-bond acceptors (Lipinski definition) is 4. The number of para-hydroxylation sites is 1. The quantitative estimate of drug-likeness (QED) is 0.349. The van der Waals surface area contributed by atoms with Crippen molar-refractivity contribution in [1.29, 1.82) is 0 Å². The van der Waals surface area contributed by atoms with Gasteiger partial charge in [-0.15, -0.1) is 23.2 Å². The van der Waals surface area contributed by atoms with Gasteiger partial charge in [-0.1, -0.05) is 87.3 Å². The normalized spacial score (nSPS) is 12.3. The molecule has 1 heterocycles. The molecule has 1 aromatic carbocycles. The van der Waals surface area contributed by atoms with E-state index in [4.69, 9.17) is 104 Å². The van der Waals surface area contributed by atoms with E-state index in [0.29, 0.717) is 41.1 Å². The summed E-state index contributed by atoms with van der Waals surface area (Å²) in [6.07, 6.45) is 0. The Kier molecular flexibility index (Phi) is 9.16. The third-order valence-corrected chi connectivity index (χ3v) is 5.05. The first-order valence-electron chi connectivity index (χ1n) is 7.55. The van der Waals surface area contributed by atoms with Gasteiger partial charge >= 0.3 is 0 Å². The van der Waals surface area contributed by atoms with Crippen LogP contribution in [0, 0.1) is 0 Å². The van der Waals surface area contributed by atoms with Crippen LogP contribution in [-0.2, 0) is 7.59 Å². The lowest BCUT2D eigenvalue weighted by atomic mass is 10.1. The molecule has 0 radical (unpaired) electrons. The predicted octanol–water partition coefficient (Wildman–Crippen LogP) is 7.13. The third kappa shape index (κ3) is 6.32. The molecule has 0 atom stereocenters. The molecule has 0 aliphatic rings. The van der Waals surface area contributed by atoms with E-state index in [1.807, 2.05) is 4.90 Å². The van der Waals surface area contributed by atoms with Crippen LogP contribution >= 0.6 is 104 Å². The zero-order chi connectivity index (χ0) is 21.1. The Labute approximate surface area is 207 Å². The fourth-order valence-corrected chi connectivity index (χ4v) is 3.52. The van der Waals surface area contributed by atoms with Gasteiger partial charge in [0, 0.05) is 30.4 Å². The van der Waals surface area contributed by atoms with Gasteiger partial charge < -0.3 is 4.90 Å². The second-order valence-electron chi connectivity index (χ2n) is 5.30. The zero-order valence-electron chi connectivity index (χ0n) is 13.8. The molecule has 154 valence electrons.